The van der Waals surface area contributed by atoms with Crippen molar-refractivity contribution >= 4 is 29.9 Å². The summed E-state index contributed by atoms with van der Waals surface area (Å²) in [6.07, 6.45) is 1.80. The monoisotopic (exact) mass is 390 g/mol. The highest BCUT2D eigenvalue weighted by molar-refractivity contribution is 6.32. The van der Waals surface area contributed by atoms with Gasteiger partial charge in [-0.2, -0.15) is 0 Å². The maximum Gasteiger partial charge on any atom is 0.251 e. The van der Waals surface area contributed by atoms with Crippen LogP contribution < -0.4 is 20.1 Å². The maximum absolute atomic E-state index is 12.6. The fourth-order valence-corrected chi connectivity index (χ4v) is 3.05. The van der Waals surface area contributed by atoms with Crippen LogP contribution in [0.25, 0.3) is 0 Å². The van der Waals surface area contributed by atoms with Crippen LogP contribution in [0.4, 0.5) is 0 Å². The lowest BCUT2D eigenvalue weighted by molar-refractivity contribution is 0.0913. The van der Waals surface area contributed by atoms with Crippen LogP contribution in [0.3, 0.4) is 0 Å². The summed E-state index contributed by atoms with van der Waals surface area (Å²) in [7, 11) is 0. The van der Waals surface area contributed by atoms with Gasteiger partial charge in [0.05, 0.1) is 18.2 Å². The Morgan fingerprint density at radius 3 is 2.76 bits per heavy atom. The highest BCUT2D eigenvalue weighted by atomic mass is 35.5. The molecule has 7 heteroatoms. The number of benzene rings is 1. The number of rotatable bonds is 7. The Morgan fingerprint density at radius 1 is 1.36 bits per heavy atom. The molecule has 0 aromatic heterocycles. The number of amides is 1. The Morgan fingerprint density at radius 2 is 2.12 bits per heavy atom. The largest absolute Gasteiger partial charge is 0.490 e. The van der Waals surface area contributed by atoms with Gasteiger partial charge in [0.1, 0.15) is 0 Å². The normalized spacial score (nSPS) is 19.7. The lowest BCUT2D eigenvalue weighted by atomic mass is 9.95. The summed E-state index contributed by atoms with van der Waals surface area (Å²) < 4.78 is 11.3. The van der Waals surface area contributed by atoms with Gasteiger partial charge in [-0.15, -0.1) is 12.4 Å². The van der Waals surface area contributed by atoms with Gasteiger partial charge in [0.15, 0.2) is 11.5 Å². The molecule has 1 saturated heterocycles. The van der Waals surface area contributed by atoms with E-state index in [1.165, 1.54) is 0 Å². The van der Waals surface area contributed by atoms with Gasteiger partial charge in [0.25, 0.3) is 5.91 Å². The maximum atomic E-state index is 12.6. The zero-order valence-electron chi connectivity index (χ0n) is 15.1. The first-order valence-corrected chi connectivity index (χ1v) is 9.05. The van der Waals surface area contributed by atoms with Crippen molar-refractivity contribution in [3.63, 3.8) is 0 Å². The van der Waals surface area contributed by atoms with E-state index < -0.39 is 0 Å². The van der Waals surface area contributed by atoms with Crippen LogP contribution in [0, 0.1) is 5.92 Å². The van der Waals surface area contributed by atoms with Crippen LogP contribution >= 0.6 is 24.0 Å². The number of nitrogens with one attached hydrogen (secondary N) is 2. The van der Waals surface area contributed by atoms with E-state index in [0.29, 0.717) is 41.2 Å². The van der Waals surface area contributed by atoms with E-state index in [9.17, 15) is 4.79 Å². The average molecular weight is 391 g/mol. The van der Waals surface area contributed by atoms with E-state index in [0.717, 1.165) is 25.9 Å². The summed E-state index contributed by atoms with van der Waals surface area (Å²) in [4.78, 5) is 12.6. The molecule has 2 unspecified atom stereocenters. The van der Waals surface area contributed by atoms with Gasteiger partial charge in [-0.1, -0.05) is 25.4 Å². The van der Waals surface area contributed by atoms with Gasteiger partial charge in [-0.3, -0.25) is 4.79 Å². The number of carbonyl (C=O) groups excluding carboxylic acids is 1. The van der Waals surface area contributed by atoms with Crippen molar-refractivity contribution in [2.75, 3.05) is 26.3 Å². The lowest BCUT2D eigenvalue weighted by Crippen LogP contribution is -2.48. The van der Waals surface area contributed by atoms with E-state index in [1.807, 2.05) is 13.8 Å². The minimum atomic E-state index is -0.126. The second kappa shape index (κ2) is 10.7. The molecule has 25 heavy (non-hydrogen) atoms. The van der Waals surface area contributed by atoms with Crippen LogP contribution in [0.5, 0.6) is 11.5 Å². The van der Waals surface area contributed by atoms with Crippen molar-refractivity contribution in [1.29, 1.82) is 0 Å². The van der Waals surface area contributed by atoms with Crippen molar-refractivity contribution in [1.82, 2.24) is 10.6 Å². The number of ether oxygens (including phenoxy) is 2. The molecule has 2 N–H and O–H groups in total. The highest BCUT2D eigenvalue weighted by Gasteiger charge is 2.24. The van der Waals surface area contributed by atoms with Crippen molar-refractivity contribution in [3.05, 3.63) is 22.7 Å². The molecular formula is C18H28Cl2N2O3. The molecular weight excluding hydrogens is 363 g/mol. The van der Waals surface area contributed by atoms with Crippen LogP contribution in [0.2, 0.25) is 5.02 Å². The number of carbonyl (C=O) groups is 1. The van der Waals surface area contributed by atoms with E-state index in [2.05, 4.69) is 17.6 Å². The lowest BCUT2D eigenvalue weighted by Gasteiger charge is -2.30. The first kappa shape index (κ1) is 21.9. The third-order valence-corrected chi connectivity index (χ3v) is 4.40. The Balaban J connectivity index is 0.00000312. The minimum absolute atomic E-state index is 0. The standard InChI is InChI=1S/C18H27ClN2O3.ClH/c1-4-8-24-17-14(19)9-13(10-16(17)23-5-2)18(22)21-15-6-7-20-11-12(15)3;/h9-10,12,15,20H,4-8,11H2,1-3H3,(H,21,22);1H. The predicted molar refractivity (Wildman–Crippen MR) is 104 cm³/mol. The van der Waals surface area contributed by atoms with Gasteiger partial charge in [0.2, 0.25) is 0 Å². The molecule has 2 rings (SSSR count). The second-order valence-corrected chi connectivity index (χ2v) is 6.52. The summed E-state index contributed by atoms with van der Waals surface area (Å²) in [5, 5.41) is 6.84. The first-order chi connectivity index (χ1) is 11.6. The molecule has 0 radical (unpaired) electrons. The Bertz CT molecular complexity index is 569. The molecule has 1 aromatic carbocycles. The Hall–Kier alpha value is -1.17. The molecule has 5 nitrogen and oxygen atoms in total. The summed E-state index contributed by atoms with van der Waals surface area (Å²) in [6.45, 7) is 8.92. The summed E-state index contributed by atoms with van der Waals surface area (Å²) in [6, 6.07) is 3.53. The van der Waals surface area contributed by atoms with E-state index in [-0.39, 0.29) is 24.4 Å². The molecule has 1 aromatic rings. The van der Waals surface area contributed by atoms with Gasteiger partial charge in [-0.25, -0.2) is 0 Å². The number of halogens is 2. The van der Waals surface area contributed by atoms with Crippen molar-refractivity contribution in [3.8, 4) is 11.5 Å². The van der Waals surface area contributed by atoms with Crippen molar-refractivity contribution in [2.45, 2.75) is 39.7 Å². The molecule has 0 aliphatic carbocycles. The average Bonchev–Trinajstić information content (AvgIpc) is 2.56. The van der Waals surface area contributed by atoms with Crippen molar-refractivity contribution in [2.24, 2.45) is 5.92 Å². The quantitative estimate of drug-likeness (QED) is 0.745. The van der Waals surface area contributed by atoms with Gasteiger partial charge in [0, 0.05) is 11.6 Å². The fourth-order valence-electron chi connectivity index (χ4n) is 2.79. The smallest absolute Gasteiger partial charge is 0.251 e. The molecule has 1 heterocycles. The molecule has 1 amide bonds. The number of hydrogen-bond donors (Lipinski definition) is 2. The SMILES string of the molecule is CCCOc1c(Cl)cc(C(=O)NC2CCNCC2C)cc1OCC.Cl. The predicted octanol–water partition coefficient (Wildman–Crippen LogP) is 3.68. The second-order valence-electron chi connectivity index (χ2n) is 6.12. The Kier molecular flexibility index (Phi) is 9.39. The third-order valence-electron chi connectivity index (χ3n) is 4.12. The summed E-state index contributed by atoms with van der Waals surface area (Å²) in [5.41, 5.74) is 0.498. The minimum Gasteiger partial charge on any atom is -0.490 e. The van der Waals surface area contributed by atoms with Crippen LogP contribution in [-0.2, 0) is 0 Å². The van der Waals surface area contributed by atoms with Crippen molar-refractivity contribution < 1.29 is 14.3 Å². The number of hydrogen-bond acceptors (Lipinski definition) is 4. The van der Waals surface area contributed by atoms with Crippen LogP contribution in [-0.4, -0.2) is 38.3 Å². The van der Waals surface area contributed by atoms with E-state index in [4.69, 9.17) is 21.1 Å². The zero-order chi connectivity index (χ0) is 17.5. The molecule has 0 bridgehead atoms. The number of piperidine rings is 1. The van der Waals surface area contributed by atoms with Gasteiger partial charge < -0.3 is 20.1 Å². The first-order valence-electron chi connectivity index (χ1n) is 8.67. The molecule has 142 valence electrons. The molecule has 0 spiro atoms. The van der Waals surface area contributed by atoms with Gasteiger partial charge in [-0.05, 0) is 50.9 Å². The molecule has 1 aliphatic heterocycles. The fraction of sp³-hybridized carbons (Fsp3) is 0.611. The molecule has 1 fully saturated rings. The summed E-state index contributed by atoms with van der Waals surface area (Å²) in [5.74, 6) is 1.30. The highest BCUT2D eigenvalue weighted by Crippen LogP contribution is 2.37. The third kappa shape index (κ3) is 5.94. The van der Waals surface area contributed by atoms with Crippen LogP contribution in [0.1, 0.15) is 44.0 Å². The topological polar surface area (TPSA) is 59.6 Å². The molecule has 2 atom stereocenters. The van der Waals surface area contributed by atoms with Crippen LogP contribution in [0.15, 0.2) is 12.1 Å². The zero-order valence-corrected chi connectivity index (χ0v) is 16.6. The molecule has 1 aliphatic rings. The van der Waals surface area contributed by atoms with E-state index in [1.54, 1.807) is 12.1 Å². The van der Waals surface area contributed by atoms with E-state index >= 15 is 0 Å². The summed E-state index contributed by atoms with van der Waals surface area (Å²) >= 11 is 6.33. The Labute approximate surface area is 161 Å². The molecule has 0 saturated carbocycles. The van der Waals surface area contributed by atoms with Gasteiger partial charge >= 0.3 is 0 Å².